The summed E-state index contributed by atoms with van der Waals surface area (Å²) in [6.45, 7) is 2.07. The Labute approximate surface area is 139 Å². The molecule has 0 aliphatic heterocycles. The van der Waals surface area contributed by atoms with E-state index >= 15 is 0 Å². The molecule has 2 aromatic rings. The maximum atomic E-state index is 13.3. The van der Waals surface area contributed by atoms with Gasteiger partial charge in [0.2, 0.25) is 0 Å². The second-order valence-corrected chi connectivity index (χ2v) is 5.89. The lowest BCUT2D eigenvalue weighted by atomic mass is 10.2. The van der Waals surface area contributed by atoms with Crippen LogP contribution in [0.2, 0.25) is 0 Å². The molecule has 0 bridgehead atoms. The Morgan fingerprint density at radius 1 is 1.33 bits per heavy atom. The van der Waals surface area contributed by atoms with Crippen LogP contribution in [0, 0.1) is 11.6 Å². The van der Waals surface area contributed by atoms with Gasteiger partial charge in [0.1, 0.15) is 5.75 Å². The van der Waals surface area contributed by atoms with Gasteiger partial charge in [-0.3, -0.25) is 9.78 Å². The van der Waals surface area contributed by atoms with Crippen molar-refractivity contribution in [2.45, 2.75) is 38.5 Å². The summed E-state index contributed by atoms with van der Waals surface area (Å²) in [5.41, 5.74) is 0.942. The number of hydrogen-bond donors (Lipinski definition) is 0. The van der Waals surface area contributed by atoms with Crippen molar-refractivity contribution in [3.63, 3.8) is 0 Å². The molecule has 24 heavy (non-hydrogen) atoms. The smallest absolute Gasteiger partial charge is 0.263 e. The molecule has 1 amide bonds. The van der Waals surface area contributed by atoms with Crippen molar-refractivity contribution in [1.29, 1.82) is 0 Å². The molecule has 0 radical (unpaired) electrons. The molecule has 1 atom stereocenters. The minimum atomic E-state index is -0.999. The summed E-state index contributed by atoms with van der Waals surface area (Å²) in [7, 11) is 0. The number of aromatic nitrogens is 1. The van der Waals surface area contributed by atoms with E-state index in [1.165, 1.54) is 6.07 Å². The van der Waals surface area contributed by atoms with Gasteiger partial charge in [0, 0.05) is 31.0 Å². The third kappa shape index (κ3) is 3.88. The fraction of sp³-hybridized carbons (Fsp3) is 0.333. The zero-order valence-corrected chi connectivity index (χ0v) is 13.3. The van der Waals surface area contributed by atoms with E-state index in [-0.39, 0.29) is 17.7 Å². The first-order valence-electron chi connectivity index (χ1n) is 7.85. The van der Waals surface area contributed by atoms with Gasteiger partial charge in [-0.05, 0) is 43.5 Å². The highest BCUT2D eigenvalue weighted by Crippen LogP contribution is 2.29. The number of carbonyl (C=O) groups is 1. The molecule has 1 aromatic carbocycles. The van der Waals surface area contributed by atoms with Crippen molar-refractivity contribution in [2.24, 2.45) is 0 Å². The number of hydrogen-bond acceptors (Lipinski definition) is 3. The number of nitrogens with zero attached hydrogens (tertiary/aromatic N) is 2. The van der Waals surface area contributed by atoms with Gasteiger partial charge in [-0.25, -0.2) is 8.78 Å². The highest BCUT2D eigenvalue weighted by atomic mass is 19.2. The van der Waals surface area contributed by atoms with Crippen LogP contribution in [0.1, 0.15) is 25.3 Å². The average Bonchev–Trinajstić information content (AvgIpc) is 3.41. The highest BCUT2D eigenvalue weighted by Gasteiger charge is 2.35. The molecule has 1 unspecified atom stereocenters. The van der Waals surface area contributed by atoms with Gasteiger partial charge in [0.15, 0.2) is 17.7 Å². The predicted molar refractivity (Wildman–Crippen MR) is 84.3 cm³/mol. The standard InChI is InChI=1S/C18H18F2N2O2/c1-12(24-15-6-7-16(19)17(20)9-15)18(23)22(14-4-5-14)11-13-3-2-8-21-10-13/h2-3,6-10,12,14H,4-5,11H2,1H3. The van der Waals surface area contributed by atoms with Crippen molar-refractivity contribution >= 4 is 5.91 Å². The summed E-state index contributed by atoms with van der Waals surface area (Å²) in [4.78, 5) is 18.5. The Balaban J connectivity index is 1.68. The van der Waals surface area contributed by atoms with Crippen molar-refractivity contribution in [1.82, 2.24) is 9.88 Å². The normalized spacial score (nSPS) is 15.0. The fourth-order valence-corrected chi connectivity index (χ4v) is 2.50. The Morgan fingerprint density at radius 3 is 2.75 bits per heavy atom. The first kappa shape index (κ1) is 16.4. The molecule has 1 heterocycles. The van der Waals surface area contributed by atoms with Gasteiger partial charge in [-0.15, -0.1) is 0 Å². The number of ether oxygens (including phenoxy) is 1. The van der Waals surface area contributed by atoms with Gasteiger partial charge in [-0.1, -0.05) is 6.07 Å². The zero-order valence-electron chi connectivity index (χ0n) is 13.3. The minimum Gasteiger partial charge on any atom is -0.481 e. The zero-order chi connectivity index (χ0) is 17.1. The van der Waals surface area contributed by atoms with E-state index in [2.05, 4.69) is 4.98 Å². The lowest BCUT2D eigenvalue weighted by molar-refractivity contribution is -0.139. The molecule has 0 N–H and O–H groups in total. The van der Waals surface area contributed by atoms with Crippen LogP contribution in [0.25, 0.3) is 0 Å². The summed E-state index contributed by atoms with van der Waals surface area (Å²) in [6, 6.07) is 7.18. The second kappa shape index (κ2) is 6.95. The van der Waals surface area contributed by atoms with E-state index in [1.54, 1.807) is 24.2 Å². The van der Waals surface area contributed by atoms with Crippen molar-refractivity contribution in [2.75, 3.05) is 0 Å². The summed E-state index contributed by atoms with van der Waals surface area (Å²) >= 11 is 0. The number of amides is 1. The molecule has 3 rings (SSSR count). The fourth-order valence-electron chi connectivity index (χ4n) is 2.50. The van der Waals surface area contributed by atoms with Crippen LogP contribution in [0.15, 0.2) is 42.7 Å². The Bertz CT molecular complexity index is 720. The Kier molecular flexibility index (Phi) is 4.74. The molecule has 1 aliphatic rings. The van der Waals surface area contributed by atoms with E-state index in [9.17, 15) is 13.6 Å². The minimum absolute atomic E-state index is 0.131. The average molecular weight is 332 g/mol. The van der Waals surface area contributed by atoms with Gasteiger partial charge >= 0.3 is 0 Å². The quantitative estimate of drug-likeness (QED) is 0.815. The lowest BCUT2D eigenvalue weighted by Gasteiger charge is -2.26. The van der Waals surface area contributed by atoms with Crippen LogP contribution in [0.5, 0.6) is 5.75 Å². The van der Waals surface area contributed by atoms with E-state index in [1.807, 2.05) is 12.1 Å². The van der Waals surface area contributed by atoms with Crippen LogP contribution in [-0.4, -0.2) is 27.9 Å². The Morgan fingerprint density at radius 2 is 2.12 bits per heavy atom. The molecule has 0 spiro atoms. The van der Waals surface area contributed by atoms with E-state index in [0.717, 1.165) is 30.5 Å². The van der Waals surface area contributed by atoms with Crippen LogP contribution >= 0.6 is 0 Å². The number of benzene rings is 1. The number of halogens is 2. The van der Waals surface area contributed by atoms with E-state index < -0.39 is 17.7 Å². The number of rotatable bonds is 6. The topological polar surface area (TPSA) is 42.4 Å². The summed E-state index contributed by atoms with van der Waals surface area (Å²) in [5, 5.41) is 0. The second-order valence-electron chi connectivity index (χ2n) is 5.89. The molecule has 126 valence electrons. The van der Waals surface area contributed by atoms with Crippen LogP contribution in [0.4, 0.5) is 8.78 Å². The molecule has 1 fully saturated rings. The van der Waals surface area contributed by atoms with Gasteiger partial charge < -0.3 is 9.64 Å². The molecule has 6 heteroatoms. The third-order valence-electron chi connectivity index (χ3n) is 3.90. The highest BCUT2D eigenvalue weighted by molar-refractivity contribution is 5.81. The van der Waals surface area contributed by atoms with Crippen LogP contribution in [0.3, 0.4) is 0 Å². The summed E-state index contributed by atoms with van der Waals surface area (Å²) in [6.07, 6.45) is 4.55. The van der Waals surface area contributed by atoms with Crippen molar-refractivity contribution in [3.05, 3.63) is 59.9 Å². The number of carbonyl (C=O) groups excluding carboxylic acids is 1. The van der Waals surface area contributed by atoms with E-state index in [0.29, 0.717) is 6.54 Å². The van der Waals surface area contributed by atoms with Gasteiger partial charge in [0.05, 0.1) is 0 Å². The molecule has 0 saturated heterocycles. The predicted octanol–water partition coefficient (Wildman–Crippen LogP) is 3.32. The van der Waals surface area contributed by atoms with Gasteiger partial charge in [-0.2, -0.15) is 0 Å². The molecule has 4 nitrogen and oxygen atoms in total. The molecular formula is C18H18F2N2O2. The monoisotopic (exact) mass is 332 g/mol. The third-order valence-corrected chi connectivity index (χ3v) is 3.90. The molecule has 1 aliphatic carbocycles. The van der Waals surface area contributed by atoms with E-state index in [4.69, 9.17) is 4.74 Å². The molecular weight excluding hydrogens is 314 g/mol. The first-order valence-corrected chi connectivity index (χ1v) is 7.85. The first-order chi connectivity index (χ1) is 11.5. The maximum Gasteiger partial charge on any atom is 0.263 e. The van der Waals surface area contributed by atoms with Crippen molar-refractivity contribution in [3.8, 4) is 5.75 Å². The number of pyridine rings is 1. The molecule has 1 saturated carbocycles. The maximum absolute atomic E-state index is 13.3. The van der Waals surface area contributed by atoms with Crippen molar-refractivity contribution < 1.29 is 18.3 Å². The van der Waals surface area contributed by atoms with Crippen LogP contribution in [-0.2, 0) is 11.3 Å². The summed E-state index contributed by atoms with van der Waals surface area (Å²) in [5.74, 6) is -1.99. The van der Waals surface area contributed by atoms with Gasteiger partial charge in [0.25, 0.3) is 5.91 Å². The largest absolute Gasteiger partial charge is 0.481 e. The SMILES string of the molecule is CC(Oc1ccc(F)c(F)c1)C(=O)N(Cc1cccnc1)C1CC1. The summed E-state index contributed by atoms with van der Waals surface area (Å²) < 4.78 is 31.7. The lowest BCUT2D eigenvalue weighted by Crippen LogP contribution is -2.41. The van der Waals surface area contributed by atoms with Crippen LogP contribution < -0.4 is 4.74 Å². The molecule has 1 aromatic heterocycles. The Hall–Kier alpha value is -2.50.